The summed E-state index contributed by atoms with van der Waals surface area (Å²) in [5, 5.41) is 2.85. The van der Waals surface area contributed by atoms with E-state index in [0.29, 0.717) is 6.54 Å². The number of benzene rings is 1. The molecule has 6 heteroatoms. The van der Waals surface area contributed by atoms with Crippen molar-refractivity contribution in [1.82, 2.24) is 4.31 Å². The van der Waals surface area contributed by atoms with Crippen molar-refractivity contribution in [2.45, 2.75) is 46.5 Å². The van der Waals surface area contributed by atoms with Gasteiger partial charge in [-0.15, -0.1) is 0 Å². The van der Waals surface area contributed by atoms with Gasteiger partial charge in [-0.05, 0) is 31.9 Å². The van der Waals surface area contributed by atoms with Crippen LogP contribution in [0.4, 0.5) is 5.69 Å². The lowest BCUT2D eigenvalue weighted by atomic mass is 10.1. The Morgan fingerprint density at radius 1 is 1.17 bits per heavy atom. The normalized spacial score (nSPS) is 11.7. The maximum absolute atomic E-state index is 12.1. The fraction of sp³-hybridized carbons (Fsp3) is 0.588. The molecule has 0 aliphatic rings. The number of rotatable bonds is 9. The van der Waals surface area contributed by atoms with Gasteiger partial charge in [0.05, 0.1) is 6.26 Å². The Kier molecular flexibility index (Phi) is 7.72. The third-order valence-corrected chi connectivity index (χ3v) is 5.03. The van der Waals surface area contributed by atoms with Crippen LogP contribution in [0.25, 0.3) is 0 Å². The maximum Gasteiger partial charge on any atom is 0.225 e. The van der Waals surface area contributed by atoms with Crippen LogP contribution in [-0.4, -0.2) is 38.0 Å². The zero-order valence-corrected chi connectivity index (χ0v) is 15.4. The van der Waals surface area contributed by atoms with E-state index in [0.717, 1.165) is 36.1 Å². The van der Waals surface area contributed by atoms with Gasteiger partial charge in [0, 0.05) is 25.2 Å². The van der Waals surface area contributed by atoms with E-state index in [-0.39, 0.29) is 18.9 Å². The van der Waals surface area contributed by atoms with Crippen LogP contribution in [0.5, 0.6) is 0 Å². The van der Waals surface area contributed by atoms with E-state index in [1.165, 1.54) is 10.6 Å². The molecule has 0 saturated heterocycles. The SMILES string of the molecule is CCCCCN(CCC(=O)Nc1ccc(C)cc1C)S(C)(=O)=O. The molecule has 0 radical (unpaired) electrons. The van der Waals surface area contributed by atoms with Crippen LogP contribution in [0.2, 0.25) is 0 Å². The first-order valence-electron chi connectivity index (χ1n) is 8.06. The van der Waals surface area contributed by atoms with Gasteiger partial charge in [-0.25, -0.2) is 12.7 Å². The quantitative estimate of drug-likeness (QED) is 0.703. The number of nitrogens with zero attached hydrogens (tertiary/aromatic N) is 1. The molecule has 1 N–H and O–H groups in total. The molecule has 0 aliphatic carbocycles. The lowest BCUT2D eigenvalue weighted by Crippen LogP contribution is -2.33. The Morgan fingerprint density at radius 3 is 2.43 bits per heavy atom. The van der Waals surface area contributed by atoms with Gasteiger partial charge in [0.15, 0.2) is 0 Å². The zero-order valence-electron chi connectivity index (χ0n) is 14.6. The fourth-order valence-electron chi connectivity index (χ4n) is 2.37. The Hall–Kier alpha value is -1.40. The number of nitrogens with one attached hydrogen (secondary N) is 1. The van der Waals surface area contributed by atoms with Gasteiger partial charge in [-0.3, -0.25) is 4.79 Å². The molecule has 23 heavy (non-hydrogen) atoms. The van der Waals surface area contributed by atoms with E-state index in [2.05, 4.69) is 12.2 Å². The zero-order chi connectivity index (χ0) is 17.5. The Labute approximate surface area is 140 Å². The van der Waals surface area contributed by atoms with Crippen molar-refractivity contribution in [2.75, 3.05) is 24.7 Å². The lowest BCUT2D eigenvalue weighted by Gasteiger charge is -2.19. The first-order valence-corrected chi connectivity index (χ1v) is 9.91. The molecule has 0 atom stereocenters. The number of carbonyl (C=O) groups is 1. The minimum atomic E-state index is -3.27. The predicted molar refractivity (Wildman–Crippen MR) is 95.1 cm³/mol. The molecule has 130 valence electrons. The molecule has 0 saturated carbocycles. The summed E-state index contributed by atoms with van der Waals surface area (Å²) in [5.41, 5.74) is 2.92. The van der Waals surface area contributed by atoms with Gasteiger partial charge < -0.3 is 5.32 Å². The van der Waals surface area contributed by atoms with E-state index in [4.69, 9.17) is 0 Å². The smallest absolute Gasteiger partial charge is 0.225 e. The lowest BCUT2D eigenvalue weighted by molar-refractivity contribution is -0.116. The van der Waals surface area contributed by atoms with Crippen LogP contribution < -0.4 is 5.32 Å². The Balaban J connectivity index is 2.57. The highest BCUT2D eigenvalue weighted by Gasteiger charge is 2.17. The Morgan fingerprint density at radius 2 is 1.87 bits per heavy atom. The van der Waals surface area contributed by atoms with Crippen LogP contribution in [0.3, 0.4) is 0 Å². The van der Waals surface area contributed by atoms with Gasteiger partial charge in [0.25, 0.3) is 0 Å². The summed E-state index contributed by atoms with van der Waals surface area (Å²) >= 11 is 0. The number of hydrogen-bond acceptors (Lipinski definition) is 3. The van der Waals surface area contributed by atoms with Crippen molar-refractivity contribution in [3.63, 3.8) is 0 Å². The molecule has 5 nitrogen and oxygen atoms in total. The fourth-order valence-corrected chi connectivity index (χ4v) is 3.26. The summed E-state index contributed by atoms with van der Waals surface area (Å²) in [6, 6.07) is 5.82. The highest BCUT2D eigenvalue weighted by Crippen LogP contribution is 2.16. The van der Waals surface area contributed by atoms with Gasteiger partial charge in [-0.1, -0.05) is 37.5 Å². The van der Waals surface area contributed by atoms with Crippen LogP contribution in [-0.2, 0) is 14.8 Å². The maximum atomic E-state index is 12.1. The molecule has 0 bridgehead atoms. The monoisotopic (exact) mass is 340 g/mol. The number of carbonyl (C=O) groups excluding carboxylic acids is 1. The minimum Gasteiger partial charge on any atom is -0.326 e. The summed E-state index contributed by atoms with van der Waals surface area (Å²) in [7, 11) is -3.27. The summed E-state index contributed by atoms with van der Waals surface area (Å²) in [6.07, 6.45) is 4.20. The number of amides is 1. The predicted octanol–water partition coefficient (Wildman–Crippen LogP) is 3.08. The van der Waals surface area contributed by atoms with Gasteiger partial charge in [-0.2, -0.15) is 0 Å². The molecule has 1 amide bonds. The van der Waals surface area contributed by atoms with Crippen LogP contribution in [0, 0.1) is 13.8 Å². The van der Waals surface area contributed by atoms with Crippen molar-refractivity contribution in [3.8, 4) is 0 Å². The van der Waals surface area contributed by atoms with Gasteiger partial charge in [0.1, 0.15) is 0 Å². The van der Waals surface area contributed by atoms with Crippen molar-refractivity contribution in [2.24, 2.45) is 0 Å². The summed E-state index contributed by atoms with van der Waals surface area (Å²) in [6.45, 7) is 6.71. The summed E-state index contributed by atoms with van der Waals surface area (Å²) in [4.78, 5) is 12.1. The number of anilines is 1. The van der Waals surface area contributed by atoms with Crippen molar-refractivity contribution in [1.29, 1.82) is 0 Å². The third kappa shape index (κ3) is 7.14. The second kappa shape index (κ2) is 9.03. The van der Waals surface area contributed by atoms with Crippen molar-refractivity contribution in [3.05, 3.63) is 29.3 Å². The van der Waals surface area contributed by atoms with E-state index < -0.39 is 10.0 Å². The molecule has 0 aliphatic heterocycles. The van der Waals surface area contributed by atoms with Gasteiger partial charge in [0.2, 0.25) is 15.9 Å². The number of sulfonamides is 1. The molecule has 0 heterocycles. The van der Waals surface area contributed by atoms with Crippen LogP contribution in [0.15, 0.2) is 18.2 Å². The molecule has 1 rings (SSSR count). The topological polar surface area (TPSA) is 66.5 Å². The highest BCUT2D eigenvalue weighted by atomic mass is 32.2. The largest absolute Gasteiger partial charge is 0.326 e. The van der Waals surface area contributed by atoms with Crippen LogP contribution in [0.1, 0.15) is 43.7 Å². The Bertz CT molecular complexity index is 627. The van der Waals surface area contributed by atoms with Crippen molar-refractivity contribution < 1.29 is 13.2 Å². The minimum absolute atomic E-state index is 0.159. The molecule has 0 spiro atoms. The average Bonchev–Trinajstić information content (AvgIpc) is 2.44. The molecule has 1 aromatic carbocycles. The number of hydrogen-bond donors (Lipinski definition) is 1. The van der Waals surface area contributed by atoms with E-state index in [1.54, 1.807) is 0 Å². The average molecular weight is 340 g/mol. The van der Waals surface area contributed by atoms with Crippen molar-refractivity contribution >= 4 is 21.6 Å². The second-order valence-electron chi connectivity index (χ2n) is 5.99. The molecule has 0 unspecified atom stereocenters. The molecule has 0 aromatic heterocycles. The van der Waals surface area contributed by atoms with Crippen LogP contribution >= 0.6 is 0 Å². The standard InChI is InChI=1S/C17H28N2O3S/c1-5-6-7-11-19(23(4,21)22)12-10-17(20)18-16-9-8-14(2)13-15(16)3/h8-9,13H,5-7,10-12H2,1-4H3,(H,18,20). The second-order valence-corrected chi connectivity index (χ2v) is 7.97. The first-order chi connectivity index (χ1) is 10.7. The molecular formula is C17H28N2O3S. The first kappa shape index (κ1) is 19.6. The summed E-state index contributed by atoms with van der Waals surface area (Å²) < 4.78 is 25.0. The van der Waals surface area contributed by atoms with E-state index in [9.17, 15) is 13.2 Å². The third-order valence-electron chi connectivity index (χ3n) is 3.72. The number of aryl methyl sites for hydroxylation is 2. The molecule has 1 aromatic rings. The van der Waals surface area contributed by atoms with E-state index in [1.807, 2.05) is 32.0 Å². The highest BCUT2D eigenvalue weighted by molar-refractivity contribution is 7.88. The molecule has 0 fully saturated rings. The summed E-state index contributed by atoms with van der Waals surface area (Å²) in [5.74, 6) is -0.166. The van der Waals surface area contributed by atoms with E-state index >= 15 is 0 Å². The molecular weight excluding hydrogens is 312 g/mol. The van der Waals surface area contributed by atoms with Gasteiger partial charge >= 0.3 is 0 Å². The number of unbranched alkanes of at least 4 members (excludes halogenated alkanes) is 2.